The average Bonchev–Trinajstić information content (AvgIpc) is 3.11. The second kappa shape index (κ2) is 6.45. The summed E-state index contributed by atoms with van der Waals surface area (Å²) in [4.78, 5) is 24.2. The smallest absolute Gasteiger partial charge is 0.232 e. The lowest BCUT2D eigenvalue weighted by Crippen LogP contribution is -2.26. The molecule has 1 aliphatic heterocycles. The Balaban J connectivity index is 1.62. The molecule has 23 heavy (non-hydrogen) atoms. The zero-order valence-electron chi connectivity index (χ0n) is 13.0. The van der Waals surface area contributed by atoms with Gasteiger partial charge in [0.25, 0.3) is 0 Å². The molecule has 1 aliphatic rings. The first-order valence-electron chi connectivity index (χ1n) is 7.56. The van der Waals surface area contributed by atoms with Gasteiger partial charge < -0.3 is 10.6 Å². The molecule has 0 bridgehead atoms. The minimum absolute atomic E-state index is 0.120. The van der Waals surface area contributed by atoms with Crippen molar-refractivity contribution in [1.82, 2.24) is 15.5 Å². The third-order valence-electron chi connectivity index (χ3n) is 3.79. The molecule has 1 aromatic carbocycles. The Hall–Kier alpha value is -2.28. The number of hydrogen-bond donors (Lipinski definition) is 2. The molecule has 0 fully saturated rings. The predicted octanol–water partition coefficient (Wildman–Crippen LogP) is 2.15. The first-order chi connectivity index (χ1) is 11.1. The number of nitrogens with one attached hydrogen (secondary N) is 2. The fraction of sp³-hybridized carbons (Fsp3) is 0.375. The van der Waals surface area contributed by atoms with E-state index in [0.717, 1.165) is 33.3 Å². The van der Waals surface area contributed by atoms with Gasteiger partial charge in [0.15, 0.2) is 0 Å². The maximum Gasteiger partial charge on any atom is 0.232 e. The molecule has 1 unspecified atom stereocenters. The van der Waals surface area contributed by atoms with Crippen molar-refractivity contribution in [2.45, 2.75) is 39.2 Å². The number of amides is 2. The van der Waals surface area contributed by atoms with E-state index >= 15 is 0 Å². The molecule has 2 N–H and O–H groups in total. The van der Waals surface area contributed by atoms with Crippen molar-refractivity contribution >= 4 is 28.8 Å². The Kier molecular flexibility index (Phi) is 4.38. The van der Waals surface area contributed by atoms with Gasteiger partial charge >= 0.3 is 0 Å². The van der Waals surface area contributed by atoms with Crippen LogP contribution in [0.1, 0.15) is 40.4 Å². The van der Waals surface area contributed by atoms with Crippen LogP contribution in [0.4, 0.5) is 5.69 Å². The molecule has 0 spiro atoms. The molecule has 0 saturated heterocycles. The van der Waals surface area contributed by atoms with Crippen LogP contribution in [0, 0.1) is 6.92 Å². The highest BCUT2D eigenvalue weighted by Gasteiger charge is 2.32. The molecule has 1 atom stereocenters. The van der Waals surface area contributed by atoms with E-state index in [1.54, 1.807) is 0 Å². The third-order valence-corrected chi connectivity index (χ3v) is 4.86. The highest BCUT2D eigenvalue weighted by molar-refractivity contribution is 7.11. The molecule has 7 heteroatoms. The van der Waals surface area contributed by atoms with Crippen LogP contribution in [0.3, 0.4) is 0 Å². The largest absolute Gasteiger partial charge is 0.349 e. The van der Waals surface area contributed by atoms with Gasteiger partial charge in [-0.1, -0.05) is 36.0 Å². The number of hydrogen-bond acceptors (Lipinski definition) is 5. The number of fused-ring (bicyclic) bond motifs is 1. The summed E-state index contributed by atoms with van der Waals surface area (Å²) in [5.74, 6) is -0.705. The average molecular weight is 330 g/mol. The molecular weight excluding hydrogens is 312 g/mol. The summed E-state index contributed by atoms with van der Waals surface area (Å²) in [6, 6.07) is 5.79. The van der Waals surface area contributed by atoms with Gasteiger partial charge in [-0.2, -0.15) is 0 Å². The zero-order valence-corrected chi connectivity index (χ0v) is 13.9. The zero-order chi connectivity index (χ0) is 16.4. The summed E-state index contributed by atoms with van der Waals surface area (Å²) in [7, 11) is 0. The molecular formula is C16H18N4O2S. The van der Waals surface area contributed by atoms with Crippen LogP contribution in [0.15, 0.2) is 18.2 Å². The number of rotatable bonds is 5. The van der Waals surface area contributed by atoms with Gasteiger partial charge in [0.1, 0.15) is 10.0 Å². The topological polar surface area (TPSA) is 84.0 Å². The standard InChI is InChI=1S/C16H18N4O2S/c1-3-14-19-20-15(23-14)8-17-13(21)7-11-10-6-9(2)4-5-12(10)18-16(11)22/h4-6,11H,3,7-8H2,1-2H3,(H,17,21)(H,18,22). The normalized spacial score (nSPS) is 16.1. The van der Waals surface area contributed by atoms with Crippen LogP contribution in [-0.4, -0.2) is 22.0 Å². The molecule has 6 nitrogen and oxygen atoms in total. The van der Waals surface area contributed by atoms with Crippen LogP contribution in [0.5, 0.6) is 0 Å². The van der Waals surface area contributed by atoms with Crippen molar-refractivity contribution in [3.63, 3.8) is 0 Å². The van der Waals surface area contributed by atoms with Gasteiger partial charge in [-0.15, -0.1) is 10.2 Å². The molecule has 3 rings (SSSR count). The molecule has 120 valence electrons. The van der Waals surface area contributed by atoms with Gasteiger partial charge in [0.2, 0.25) is 11.8 Å². The number of aromatic nitrogens is 2. The van der Waals surface area contributed by atoms with Gasteiger partial charge in [-0.3, -0.25) is 9.59 Å². The van der Waals surface area contributed by atoms with Crippen molar-refractivity contribution < 1.29 is 9.59 Å². The van der Waals surface area contributed by atoms with E-state index in [1.807, 2.05) is 32.0 Å². The highest BCUT2D eigenvalue weighted by atomic mass is 32.1. The minimum Gasteiger partial charge on any atom is -0.349 e. The van der Waals surface area contributed by atoms with E-state index in [1.165, 1.54) is 11.3 Å². The number of anilines is 1. The first kappa shape index (κ1) is 15.6. The minimum atomic E-state index is -0.425. The monoisotopic (exact) mass is 330 g/mol. The van der Waals surface area contributed by atoms with Crippen molar-refractivity contribution in [2.24, 2.45) is 0 Å². The summed E-state index contributed by atoms with van der Waals surface area (Å²) in [6.45, 7) is 4.34. The Labute approximate surface area is 138 Å². The van der Waals surface area contributed by atoms with Crippen molar-refractivity contribution in [1.29, 1.82) is 0 Å². The molecule has 2 aromatic rings. The lowest BCUT2D eigenvalue weighted by molar-refractivity contribution is -0.125. The number of carbonyl (C=O) groups excluding carboxylic acids is 2. The van der Waals surface area contributed by atoms with Crippen LogP contribution < -0.4 is 10.6 Å². The lowest BCUT2D eigenvalue weighted by atomic mass is 9.95. The molecule has 0 radical (unpaired) electrons. The van der Waals surface area contributed by atoms with Gasteiger partial charge in [-0.25, -0.2) is 0 Å². The first-order valence-corrected chi connectivity index (χ1v) is 8.38. The number of carbonyl (C=O) groups is 2. The maximum atomic E-state index is 12.2. The summed E-state index contributed by atoms with van der Waals surface area (Å²) in [5.41, 5.74) is 2.77. The fourth-order valence-electron chi connectivity index (χ4n) is 2.58. The van der Waals surface area contributed by atoms with Crippen LogP contribution >= 0.6 is 11.3 Å². The van der Waals surface area contributed by atoms with Gasteiger partial charge in [-0.05, 0) is 25.0 Å². The van der Waals surface area contributed by atoms with E-state index < -0.39 is 5.92 Å². The van der Waals surface area contributed by atoms with Crippen LogP contribution in [0.2, 0.25) is 0 Å². The molecule has 0 aliphatic carbocycles. The Morgan fingerprint density at radius 2 is 2.13 bits per heavy atom. The second-order valence-corrected chi connectivity index (χ2v) is 6.70. The van der Waals surface area contributed by atoms with E-state index in [9.17, 15) is 9.59 Å². The van der Waals surface area contributed by atoms with Gasteiger partial charge in [0.05, 0.1) is 12.5 Å². The van der Waals surface area contributed by atoms with Crippen molar-refractivity contribution in [2.75, 3.05) is 5.32 Å². The molecule has 2 amide bonds. The summed E-state index contributed by atoms with van der Waals surface area (Å²) >= 11 is 1.49. The third kappa shape index (κ3) is 3.39. The molecule has 1 aromatic heterocycles. The van der Waals surface area contributed by atoms with Gasteiger partial charge in [0, 0.05) is 12.1 Å². The predicted molar refractivity (Wildman–Crippen MR) is 88.3 cm³/mol. The summed E-state index contributed by atoms with van der Waals surface area (Å²) in [5, 5.41) is 15.4. The van der Waals surface area contributed by atoms with E-state index in [-0.39, 0.29) is 18.2 Å². The van der Waals surface area contributed by atoms with Crippen LogP contribution in [0.25, 0.3) is 0 Å². The number of benzene rings is 1. The molecule has 0 saturated carbocycles. The number of nitrogens with zero attached hydrogens (tertiary/aromatic N) is 2. The van der Waals surface area contributed by atoms with Crippen LogP contribution in [-0.2, 0) is 22.6 Å². The Morgan fingerprint density at radius 1 is 1.35 bits per heavy atom. The Bertz CT molecular complexity index is 756. The summed E-state index contributed by atoms with van der Waals surface area (Å²) in [6.07, 6.45) is 0.978. The molecule has 2 heterocycles. The van der Waals surface area contributed by atoms with E-state index in [4.69, 9.17) is 0 Å². The Morgan fingerprint density at radius 3 is 2.87 bits per heavy atom. The van der Waals surface area contributed by atoms with Crippen molar-refractivity contribution in [3.8, 4) is 0 Å². The quantitative estimate of drug-likeness (QED) is 0.880. The highest BCUT2D eigenvalue weighted by Crippen LogP contribution is 2.35. The van der Waals surface area contributed by atoms with E-state index in [0.29, 0.717) is 6.54 Å². The SMILES string of the molecule is CCc1nnc(CNC(=O)CC2C(=O)Nc3ccc(C)cc32)s1. The fourth-order valence-corrected chi connectivity index (χ4v) is 3.31. The van der Waals surface area contributed by atoms with Crippen molar-refractivity contribution in [3.05, 3.63) is 39.3 Å². The second-order valence-electron chi connectivity index (χ2n) is 5.56. The maximum absolute atomic E-state index is 12.2. The van der Waals surface area contributed by atoms with E-state index in [2.05, 4.69) is 20.8 Å². The lowest BCUT2D eigenvalue weighted by Gasteiger charge is -2.09. The summed E-state index contributed by atoms with van der Waals surface area (Å²) < 4.78 is 0. The number of aryl methyl sites for hydroxylation is 2.